The van der Waals surface area contributed by atoms with E-state index in [1.54, 1.807) is 7.11 Å². The van der Waals surface area contributed by atoms with E-state index in [-0.39, 0.29) is 0 Å². The minimum Gasteiger partial charge on any atom is -0.398 e. The van der Waals surface area contributed by atoms with Crippen LogP contribution in [0, 0.1) is 0 Å². The molecule has 0 radical (unpaired) electrons. The predicted octanol–water partition coefficient (Wildman–Crippen LogP) is 3.03. The first-order valence-corrected chi connectivity index (χ1v) is 6.28. The van der Waals surface area contributed by atoms with Gasteiger partial charge in [-0.2, -0.15) is 0 Å². The standard InChI is InChI=1S/C16H17NO/c1-18-9-8-14-15-10-11-4-2-3-5-12(11)13(15)6-7-16(14)17/h2-7H,8-10,17H2,1H3. The number of methoxy groups -OCH3 is 1. The van der Waals surface area contributed by atoms with E-state index < -0.39 is 0 Å². The summed E-state index contributed by atoms with van der Waals surface area (Å²) in [4.78, 5) is 0. The second kappa shape index (κ2) is 4.46. The molecular formula is C16H17NO. The topological polar surface area (TPSA) is 35.2 Å². The first-order chi connectivity index (χ1) is 8.81. The maximum absolute atomic E-state index is 6.11. The summed E-state index contributed by atoms with van der Waals surface area (Å²) in [7, 11) is 1.73. The van der Waals surface area contributed by atoms with Crippen LogP contribution in [0.2, 0.25) is 0 Å². The van der Waals surface area contributed by atoms with Crippen LogP contribution in [-0.2, 0) is 17.6 Å². The highest BCUT2D eigenvalue weighted by atomic mass is 16.5. The Labute approximate surface area is 107 Å². The normalized spacial score (nSPS) is 12.3. The van der Waals surface area contributed by atoms with Crippen LogP contribution >= 0.6 is 0 Å². The lowest BCUT2D eigenvalue weighted by atomic mass is 9.97. The number of nitrogen functional groups attached to an aromatic ring is 1. The SMILES string of the molecule is COCCc1c(N)ccc2c1Cc1ccccc1-2. The summed E-state index contributed by atoms with van der Waals surface area (Å²) in [5.41, 5.74) is 13.7. The van der Waals surface area contributed by atoms with Gasteiger partial charge in [-0.05, 0) is 46.7 Å². The van der Waals surface area contributed by atoms with Gasteiger partial charge in [-0.25, -0.2) is 0 Å². The molecule has 92 valence electrons. The molecule has 2 N–H and O–H groups in total. The zero-order chi connectivity index (χ0) is 12.5. The minimum atomic E-state index is 0.719. The fourth-order valence-electron chi connectivity index (χ4n) is 2.79. The van der Waals surface area contributed by atoms with Gasteiger partial charge in [0.15, 0.2) is 0 Å². The molecule has 2 aromatic rings. The van der Waals surface area contributed by atoms with Crippen LogP contribution in [0.4, 0.5) is 5.69 Å². The lowest BCUT2D eigenvalue weighted by molar-refractivity contribution is 0.202. The van der Waals surface area contributed by atoms with Gasteiger partial charge in [0.05, 0.1) is 6.61 Å². The molecule has 0 aromatic heterocycles. The van der Waals surface area contributed by atoms with Crippen molar-refractivity contribution in [3.05, 3.63) is 53.1 Å². The Morgan fingerprint density at radius 1 is 1.11 bits per heavy atom. The average Bonchev–Trinajstić information content (AvgIpc) is 2.76. The largest absolute Gasteiger partial charge is 0.398 e. The second-order valence-corrected chi connectivity index (χ2v) is 4.74. The van der Waals surface area contributed by atoms with Gasteiger partial charge >= 0.3 is 0 Å². The van der Waals surface area contributed by atoms with E-state index in [1.807, 2.05) is 6.07 Å². The average molecular weight is 239 g/mol. The lowest BCUT2D eigenvalue weighted by Crippen LogP contribution is -2.03. The van der Waals surface area contributed by atoms with E-state index in [0.29, 0.717) is 0 Å². The van der Waals surface area contributed by atoms with E-state index in [1.165, 1.54) is 27.8 Å². The Hall–Kier alpha value is -1.80. The van der Waals surface area contributed by atoms with Gasteiger partial charge in [-0.1, -0.05) is 30.3 Å². The zero-order valence-corrected chi connectivity index (χ0v) is 10.6. The van der Waals surface area contributed by atoms with E-state index >= 15 is 0 Å². The van der Waals surface area contributed by atoms with Crippen LogP contribution in [0.5, 0.6) is 0 Å². The van der Waals surface area contributed by atoms with Crippen molar-refractivity contribution in [3.8, 4) is 11.1 Å². The highest BCUT2D eigenvalue weighted by molar-refractivity contribution is 5.80. The molecule has 1 aliphatic rings. The number of hydrogen-bond acceptors (Lipinski definition) is 2. The minimum absolute atomic E-state index is 0.719. The molecule has 0 amide bonds. The van der Waals surface area contributed by atoms with E-state index in [9.17, 15) is 0 Å². The molecule has 2 heteroatoms. The molecule has 0 heterocycles. The van der Waals surface area contributed by atoms with E-state index in [4.69, 9.17) is 10.5 Å². The summed E-state index contributed by atoms with van der Waals surface area (Å²) >= 11 is 0. The van der Waals surface area contributed by atoms with Crippen molar-refractivity contribution in [1.82, 2.24) is 0 Å². The van der Waals surface area contributed by atoms with Crippen molar-refractivity contribution in [2.45, 2.75) is 12.8 Å². The fourth-order valence-corrected chi connectivity index (χ4v) is 2.79. The van der Waals surface area contributed by atoms with Gasteiger partial charge in [-0.3, -0.25) is 0 Å². The molecule has 0 saturated heterocycles. The summed E-state index contributed by atoms with van der Waals surface area (Å²) in [6, 6.07) is 12.8. The van der Waals surface area contributed by atoms with Crippen molar-refractivity contribution < 1.29 is 4.74 Å². The highest BCUT2D eigenvalue weighted by Crippen LogP contribution is 2.40. The molecule has 2 nitrogen and oxygen atoms in total. The molecule has 3 rings (SSSR count). The van der Waals surface area contributed by atoms with Crippen molar-refractivity contribution in [1.29, 1.82) is 0 Å². The molecule has 0 fully saturated rings. The molecule has 0 aliphatic heterocycles. The van der Waals surface area contributed by atoms with Gasteiger partial charge < -0.3 is 10.5 Å². The summed E-state index contributed by atoms with van der Waals surface area (Å²) in [5.74, 6) is 0. The molecule has 2 aromatic carbocycles. The molecule has 1 aliphatic carbocycles. The van der Waals surface area contributed by atoms with Crippen molar-refractivity contribution in [2.24, 2.45) is 0 Å². The number of rotatable bonds is 3. The first kappa shape index (κ1) is 11.3. The molecule has 0 unspecified atom stereocenters. The molecule has 0 saturated carbocycles. The van der Waals surface area contributed by atoms with Crippen LogP contribution in [0.25, 0.3) is 11.1 Å². The number of hydrogen-bond donors (Lipinski definition) is 1. The van der Waals surface area contributed by atoms with Crippen molar-refractivity contribution in [2.75, 3.05) is 19.5 Å². The maximum atomic E-state index is 6.11. The van der Waals surface area contributed by atoms with Gasteiger partial charge in [0.2, 0.25) is 0 Å². The number of nitrogens with two attached hydrogens (primary N) is 1. The molecular weight excluding hydrogens is 222 g/mol. The summed E-state index contributed by atoms with van der Waals surface area (Å²) in [6.45, 7) is 0.719. The summed E-state index contributed by atoms with van der Waals surface area (Å²) in [5, 5.41) is 0. The zero-order valence-electron chi connectivity index (χ0n) is 10.6. The van der Waals surface area contributed by atoms with Crippen LogP contribution in [0.3, 0.4) is 0 Å². The number of anilines is 1. The highest BCUT2D eigenvalue weighted by Gasteiger charge is 2.21. The molecule has 0 spiro atoms. The van der Waals surface area contributed by atoms with Crippen LogP contribution < -0.4 is 5.73 Å². The van der Waals surface area contributed by atoms with Gasteiger partial charge in [0, 0.05) is 12.8 Å². The Morgan fingerprint density at radius 3 is 2.78 bits per heavy atom. The van der Waals surface area contributed by atoms with Gasteiger partial charge in [0.25, 0.3) is 0 Å². The third-order valence-electron chi connectivity index (χ3n) is 3.70. The first-order valence-electron chi connectivity index (χ1n) is 6.28. The lowest BCUT2D eigenvalue weighted by Gasteiger charge is -2.11. The Bertz CT molecular complexity index is 590. The van der Waals surface area contributed by atoms with E-state index in [0.717, 1.165) is 25.1 Å². The number of fused-ring (bicyclic) bond motifs is 3. The van der Waals surface area contributed by atoms with Crippen LogP contribution in [-0.4, -0.2) is 13.7 Å². The quantitative estimate of drug-likeness (QED) is 0.713. The number of benzene rings is 2. The molecule has 0 atom stereocenters. The number of ether oxygens (including phenoxy) is 1. The molecule has 18 heavy (non-hydrogen) atoms. The van der Waals surface area contributed by atoms with Crippen LogP contribution in [0.15, 0.2) is 36.4 Å². The third-order valence-corrected chi connectivity index (χ3v) is 3.70. The van der Waals surface area contributed by atoms with Gasteiger partial charge in [-0.15, -0.1) is 0 Å². The smallest absolute Gasteiger partial charge is 0.0503 e. The Morgan fingerprint density at radius 2 is 1.94 bits per heavy atom. The predicted molar refractivity (Wildman–Crippen MR) is 74.7 cm³/mol. The van der Waals surface area contributed by atoms with Crippen LogP contribution in [0.1, 0.15) is 16.7 Å². The fraction of sp³-hybridized carbons (Fsp3) is 0.250. The monoisotopic (exact) mass is 239 g/mol. The van der Waals surface area contributed by atoms with Crippen molar-refractivity contribution in [3.63, 3.8) is 0 Å². The van der Waals surface area contributed by atoms with E-state index in [2.05, 4.69) is 30.3 Å². The Balaban J connectivity index is 2.10. The maximum Gasteiger partial charge on any atom is 0.0503 e. The van der Waals surface area contributed by atoms with Crippen molar-refractivity contribution >= 4 is 5.69 Å². The third kappa shape index (κ3) is 1.70. The molecule has 0 bridgehead atoms. The van der Waals surface area contributed by atoms with Gasteiger partial charge in [0.1, 0.15) is 0 Å². The summed E-state index contributed by atoms with van der Waals surface area (Å²) in [6.07, 6.45) is 1.88. The summed E-state index contributed by atoms with van der Waals surface area (Å²) < 4.78 is 5.18. The Kier molecular flexibility index (Phi) is 2.80. The second-order valence-electron chi connectivity index (χ2n) is 4.74.